The third-order valence-corrected chi connectivity index (χ3v) is 4.34. The fraction of sp³-hybridized carbons (Fsp3) is 0.188. The summed E-state index contributed by atoms with van der Waals surface area (Å²) in [5, 5.41) is 6.55. The molecule has 0 radical (unpaired) electrons. The molecule has 26 heavy (non-hydrogen) atoms. The summed E-state index contributed by atoms with van der Waals surface area (Å²) in [5.41, 5.74) is 1.70. The highest BCUT2D eigenvalue weighted by atomic mass is 32.2. The zero-order valence-electron chi connectivity index (χ0n) is 13.3. The van der Waals surface area contributed by atoms with E-state index in [1.807, 2.05) is 30.3 Å². The van der Waals surface area contributed by atoms with Crippen LogP contribution in [0.2, 0.25) is 0 Å². The largest absolute Gasteiger partial charge is 0.487 e. The van der Waals surface area contributed by atoms with Gasteiger partial charge in [-0.05, 0) is 29.8 Å². The van der Waals surface area contributed by atoms with Crippen LogP contribution in [0.15, 0.2) is 53.8 Å². The van der Waals surface area contributed by atoms with E-state index in [9.17, 15) is 13.2 Å². The van der Waals surface area contributed by atoms with Crippen molar-refractivity contribution in [2.45, 2.75) is 23.7 Å². The molecular weight excluding hydrogens is 367 g/mol. The number of rotatable bonds is 6. The molecule has 0 saturated heterocycles. The molecule has 3 rings (SSSR count). The van der Waals surface area contributed by atoms with E-state index in [1.165, 1.54) is 0 Å². The molecule has 3 aromatic rings. The van der Waals surface area contributed by atoms with Gasteiger partial charge in [-0.2, -0.15) is 13.2 Å². The Hall–Kier alpha value is -2.75. The highest BCUT2D eigenvalue weighted by molar-refractivity contribution is 7.98. The maximum atomic E-state index is 12.6. The number of aromatic nitrogens is 4. The molecule has 1 aromatic carbocycles. The van der Waals surface area contributed by atoms with Gasteiger partial charge in [0.1, 0.15) is 12.4 Å². The average molecular weight is 381 g/mol. The highest BCUT2D eigenvalue weighted by Crippen LogP contribution is 2.30. The highest BCUT2D eigenvalue weighted by Gasteiger charge is 2.38. The summed E-state index contributed by atoms with van der Waals surface area (Å²) in [6.07, 6.45) is -2.94. The molecule has 2 aromatic heterocycles. The van der Waals surface area contributed by atoms with Gasteiger partial charge < -0.3 is 10.6 Å². The third kappa shape index (κ3) is 4.45. The maximum absolute atomic E-state index is 12.6. The number of nitrogens with two attached hydrogens (primary N) is 1. The van der Waals surface area contributed by atoms with Crippen LogP contribution in [0.5, 0.6) is 5.75 Å². The molecule has 0 aliphatic carbocycles. The first kappa shape index (κ1) is 18.1. The molecule has 2 N–H and O–H groups in total. The zero-order chi connectivity index (χ0) is 18.6. The summed E-state index contributed by atoms with van der Waals surface area (Å²) in [4.78, 5) is 4.17. The van der Waals surface area contributed by atoms with E-state index in [0.717, 1.165) is 23.0 Å². The van der Waals surface area contributed by atoms with Gasteiger partial charge in [0.2, 0.25) is 5.16 Å². The van der Waals surface area contributed by atoms with Crippen LogP contribution >= 0.6 is 11.8 Å². The number of ether oxygens (including phenoxy) is 1. The lowest BCUT2D eigenvalue weighted by Crippen LogP contribution is -2.21. The quantitative estimate of drug-likeness (QED) is 0.522. The molecule has 10 heteroatoms. The van der Waals surface area contributed by atoms with Crippen LogP contribution in [-0.4, -0.2) is 19.9 Å². The summed E-state index contributed by atoms with van der Waals surface area (Å²) in [6.45, 7) is 0.353. The number of alkyl halides is 3. The molecule has 2 heterocycles. The molecular formula is C16H14F3N5OS. The lowest BCUT2D eigenvalue weighted by molar-refractivity contribution is -0.146. The van der Waals surface area contributed by atoms with Crippen LogP contribution in [0.3, 0.4) is 0 Å². The molecule has 0 unspecified atom stereocenters. The van der Waals surface area contributed by atoms with Crippen LogP contribution < -0.4 is 10.6 Å². The van der Waals surface area contributed by atoms with E-state index in [-0.39, 0.29) is 5.16 Å². The first-order valence-corrected chi connectivity index (χ1v) is 8.44. The van der Waals surface area contributed by atoms with Crippen LogP contribution in [0.25, 0.3) is 0 Å². The van der Waals surface area contributed by atoms with Gasteiger partial charge >= 0.3 is 6.18 Å². The maximum Gasteiger partial charge on any atom is 0.453 e. The van der Waals surface area contributed by atoms with E-state index in [0.29, 0.717) is 22.8 Å². The lowest BCUT2D eigenvalue weighted by atomic mass is 10.2. The van der Waals surface area contributed by atoms with E-state index in [4.69, 9.17) is 10.6 Å². The summed E-state index contributed by atoms with van der Waals surface area (Å²) < 4.78 is 44.0. The van der Waals surface area contributed by atoms with Crippen LogP contribution in [0, 0.1) is 0 Å². The van der Waals surface area contributed by atoms with Crippen molar-refractivity contribution in [3.8, 4) is 5.75 Å². The summed E-state index contributed by atoms with van der Waals surface area (Å²) in [5.74, 6) is 5.24. The normalized spacial score (nSPS) is 11.5. The number of nitrogen functional groups attached to an aromatic ring is 1. The minimum Gasteiger partial charge on any atom is -0.487 e. The molecule has 0 aliphatic rings. The molecule has 0 amide bonds. The van der Waals surface area contributed by atoms with Crippen molar-refractivity contribution < 1.29 is 17.9 Å². The van der Waals surface area contributed by atoms with Crippen LogP contribution in [-0.2, 0) is 18.5 Å². The predicted molar refractivity (Wildman–Crippen MR) is 89.7 cm³/mol. The van der Waals surface area contributed by atoms with Gasteiger partial charge in [-0.1, -0.05) is 30.0 Å². The van der Waals surface area contributed by atoms with Crippen molar-refractivity contribution in [3.63, 3.8) is 0 Å². The topological polar surface area (TPSA) is 78.9 Å². The van der Waals surface area contributed by atoms with E-state index in [1.54, 1.807) is 18.3 Å². The van der Waals surface area contributed by atoms with E-state index < -0.39 is 12.0 Å². The van der Waals surface area contributed by atoms with Crippen molar-refractivity contribution >= 4 is 11.8 Å². The molecule has 0 atom stereocenters. The summed E-state index contributed by atoms with van der Waals surface area (Å²) >= 11 is 1.07. The SMILES string of the molecule is Nn1c(SCc2ccc(OCc3ccccn3)cc2)nnc1C(F)(F)F. The minimum atomic E-state index is -4.63. The number of benzene rings is 1. The van der Waals surface area contributed by atoms with Crippen molar-refractivity contribution in [1.29, 1.82) is 0 Å². The number of hydrogen-bond acceptors (Lipinski definition) is 6. The van der Waals surface area contributed by atoms with Crippen molar-refractivity contribution in [1.82, 2.24) is 19.9 Å². The fourth-order valence-electron chi connectivity index (χ4n) is 2.04. The van der Waals surface area contributed by atoms with Crippen molar-refractivity contribution in [2.75, 3.05) is 5.84 Å². The molecule has 0 bridgehead atoms. The minimum absolute atomic E-state index is 0.00666. The first-order chi connectivity index (χ1) is 12.4. The average Bonchev–Trinajstić information content (AvgIpc) is 3.01. The molecule has 0 aliphatic heterocycles. The second-order valence-electron chi connectivity index (χ2n) is 5.22. The van der Waals surface area contributed by atoms with Gasteiger partial charge in [-0.15, -0.1) is 10.2 Å². The number of pyridine rings is 1. The molecule has 0 spiro atoms. The fourth-order valence-corrected chi connectivity index (χ4v) is 2.85. The van der Waals surface area contributed by atoms with Gasteiger partial charge in [-0.25, -0.2) is 4.68 Å². The Morgan fingerprint density at radius 3 is 2.46 bits per heavy atom. The Morgan fingerprint density at radius 2 is 1.85 bits per heavy atom. The predicted octanol–water partition coefficient (Wildman–Crippen LogP) is 3.28. The summed E-state index contributed by atoms with van der Waals surface area (Å²) in [7, 11) is 0. The Labute approximate surface area is 151 Å². The number of halogens is 3. The standard InChI is InChI=1S/C16H14F3N5OS/c17-16(18,19)14-22-23-15(24(14)20)26-10-11-4-6-13(7-5-11)25-9-12-3-1-2-8-21-12/h1-8H,9-10,20H2. The van der Waals surface area contributed by atoms with Gasteiger partial charge in [0.15, 0.2) is 0 Å². The van der Waals surface area contributed by atoms with Crippen LogP contribution in [0.4, 0.5) is 13.2 Å². The van der Waals surface area contributed by atoms with Gasteiger partial charge in [-0.3, -0.25) is 4.98 Å². The first-order valence-electron chi connectivity index (χ1n) is 7.45. The van der Waals surface area contributed by atoms with Crippen LogP contribution in [0.1, 0.15) is 17.1 Å². The lowest BCUT2D eigenvalue weighted by Gasteiger charge is -2.07. The van der Waals surface area contributed by atoms with E-state index >= 15 is 0 Å². The zero-order valence-corrected chi connectivity index (χ0v) is 14.2. The molecule has 0 saturated carbocycles. The van der Waals surface area contributed by atoms with E-state index in [2.05, 4.69) is 15.2 Å². The number of hydrogen-bond donors (Lipinski definition) is 1. The Balaban J connectivity index is 1.56. The Kier molecular flexibility index (Phi) is 5.31. The van der Waals surface area contributed by atoms with Gasteiger partial charge in [0.25, 0.3) is 5.82 Å². The van der Waals surface area contributed by atoms with Gasteiger partial charge in [0.05, 0.1) is 5.69 Å². The molecule has 0 fully saturated rings. The number of thioether (sulfide) groups is 1. The number of nitrogens with zero attached hydrogens (tertiary/aromatic N) is 4. The monoisotopic (exact) mass is 381 g/mol. The second-order valence-corrected chi connectivity index (χ2v) is 6.16. The smallest absolute Gasteiger partial charge is 0.453 e. The van der Waals surface area contributed by atoms with Gasteiger partial charge in [0, 0.05) is 11.9 Å². The molecule has 6 nitrogen and oxygen atoms in total. The van der Waals surface area contributed by atoms with Crippen molar-refractivity contribution in [2.24, 2.45) is 0 Å². The molecule has 136 valence electrons. The third-order valence-electron chi connectivity index (χ3n) is 3.32. The summed E-state index contributed by atoms with van der Waals surface area (Å²) in [6, 6.07) is 12.8. The van der Waals surface area contributed by atoms with Crippen molar-refractivity contribution in [3.05, 3.63) is 65.7 Å². The Morgan fingerprint density at radius 1 is 1.08 bits per heavy atom. The Bertz CT molecular complexity index is 853. The second kappa shape index (κ2) is 7.65.